The molecule has 1 heterocycles. The largest absolute Gasteiger partial charge is 0.486 e. The number of hydrogen-bond acceptors (Lipinski definition) is 4. The third-order valence-corrected chi connectivity index (χ3v) is 5.35. The van der Waals surface area contributed by atoms with E-state index in [2.05, 4.69) is 4.72 Å². The van der Waals surface area contributed by atoms with Crippen LogP contribution in [0, 0.1) is 0 Å². The van der Waals surface area contributed by atoms with Crippen molar-refractivity contribution < 1.29 is 17.9 Å². The molecule has 0 saturated carbocycles. The van der Waals surface area contributed by atoms with Gasteiger partial charge in [0.05, 0.1) is 15.7 Å². The molecule has 0 atom stereocenters. The number of rotatable bonds is 3. The summed E-state index contributed by atoms with van der Waals surface area (Å²) in [5, 5.41) is 0.154. The first-order chi connectivity index (χ1) is 10.5. The van der Waals surface area contributed by atoms with Crippen LogP contribution in [-0.4, -0.2) is 21.6 Å². The first-order valence-electron chi connectivity index (χ1n) is 6.34. The van der Waals surface area contributed by atoms with Gasteiger partial charge in [0, 0.05) is 6.07 Å². The predicted molar refractivity (Wildman–Crippen MR) is 84.7 cm³/mol. The highest BCUT2D eigenvalue weighted by molar-refractivity contribution is 7.92. The number of sulfonamides is 1. The molecule has 2 aromatic rings. The van der Waals surface area contributed by atoms with Gasteiger partial charge in [0.2, 0.25) is 0 Å². The Balaban J connectivity index is 1.93. The van der Waals surface area contributed by atoms with Gasteiger partial charge in [-0.25, -0.2) is 8.42 Å². The van der Waals surface area contributed by atoms with Crippen LogP contribution in [0.1, 0.15) is 0 Å². The van der Waals surface area contributed by atoms with E-state index < -0.39 is 10.0 Å². The van der Waals surface area contributed by atoms with Gasteiger partial charge in [-0.05, 0) is 24.3 Å². The molecular formula is C14H11Cl2NO4S. The molecule has 1 N–H and O–H groups in total. The molecule has 116 valence electrons. The molecule has 8 heteroatoms. The predicted octanol–water partition coefficient (Wildman–Crippen LogP) is 3.57. The maximum Gasteiger partial charge on any atom is 0.263 e. The van der Waals surface area contributed by atoms with E-state index in [9.17, 15) is 8.42 Å². The van der Waals surface area contributed by atoms with Crippen molar-refractivity contribution in [3.05, 3.63) is 46.4 Å². The number of halogens is 2. The SMILES string of the molecule is O=S(=O)(Nc1ccc2c(c1)OCCO2)c1cccc(Cl)c1Cl. The molecule has 0 radical (unpaired) electrons. The summed E-state index contributed by atoms with van der Waals surface area (Å²) >= 11 is 11.8. The summed E-state index contributed by atoms with van der Waals surface area (Å²) < 4.78 is 38.1. The number of nitrogens with one attached hydrogen (secondary N) is 1. The van der Waals surface area contributed by atoms with Crippen molar-refractivity contribution in [1.82, 2.24) is 0 Å². The topological polar surface area (TPSA) is 64.6 Å². The van der Waals surface area contributed by atoms with Crippen molar-refractivity contribution in [2.45, 2.75) is 4.90 Å². The Labute approximate surface area is 137 Å². The van der Waals surface area contributed by atoms with Crippen molar-refractivity contribution >= 4 is 38.9 Å². The van der Waals surface area contributed by atoms with E-state index in [0.29, 0.717) is 30.4 Å². The van der Waals surface area contributed by atoms with Crippen molar-refractivity contribution in [2.24, 2.45) is 0 Å². The third kappa shape index (κ3) is 2.95. The highest BCUT2D eigenvalue weighted by Crippen LogP contribution is 2.34. The number of anilines is 1. The van der Waals surface area contributed by atoms with Gasteiger partial charge in [0.15, 0.2) is 11.5 Å². The molecule has 0 aromatic heterocycles. The van der Waals surface area contributed by atoms with Gasteiger partial charge in [-0.2, -0.15) is 0 Å². The molecule has 0 bridgehead atoms. The van der Waals surface area contributed by atoms with E-state index in [0.717, 1.165) is 0 Å². The lowest BCUT2D eigenvalue weighted by Gasteiger charge is -2.19. The Kier molecular flexibility index (Phi) is 4.08. The fraction of sp³-hybridized carbons (Fsp3) is 0.143. The van der Waals surface area contributed by atoms with Crippen molar-refractivity contribution in [2.75, 3.05) is 17.9 Å². The minimum atomic E-state index is -3.86. The summed E-state index contributed by atoms with van der Waals surface area (Å²) in [5.74, 6) is 1.07. The van der Waals surface area contributed by atoms with E-state index in [-0.39, 0.29) is 14.9 Å². The lowest BCUT2D eigenvalue weighted by Crippen LogP contribution is -2.17. The second-order valence-electron chi connectivity index (χ2n) is 4.52. The molecule has 1 aliphatic rings. The first kappa shape index (κ1) is 15.3. The Morgan fingerprint density at radius 3 is 2.50 bits per heavy atom. The van der Waals surface area contributed by atoms with Gasteiger partial charge in [-0.1, -0.05) is 29.3 Å². The van der Waals surface area contributed by atoms with E-state index in [4.69, 9.17) is 32.7 Å². The summed E-state index contributed by atoms with van der Waals surface area (Å²) in [6.07, 6.45) is 0. The molecule has 3 rings (SSSR count). The van der Waals surface area contributed by atoms with Crippen molar-refractivity contribution in [3.63, 3.8) is 0 Å². The number of benzene rings is 2. The maximum atomic E-state index is 12.4. The maximum absolute atomic E-state index is 12.4. The zero-order valence-corrected chi connectivity index (χ0v) is 13.5. The van der Waals surface area contributed by atoms with Gasteiger partial charge in [0.1, 0.15) is 18.1 Å². The van der Waals surface area contributed by atoms with Crippen LogP contribution in [0.25, 0.3) is 0 Å². The molecule has 0 aliphatic carbocycles. The van der Waals surface area contributed by atoms with Crippen LogP contribution in [0.4, 0.5) is 5.69 Å². The summed E-state index contributed by atoms with van der Waals surface area (Å²) in [5.41, 5.74) is 0.347. The Bertz CT molecular complexity index is 824. The summed E-state index contributed by atoms with van der Waals surface area (Å²) in [7, 11) is -3.86. The first-order valence-corrected chi connectivity index (χ1v) is 8.58. The van der Waals surface area contributed by atoms with Crippen LogP contribution in [0.15, 0.2) is 41.3 Å². The molecule has 0 fully saturated rings. The Morgan fingerprint density at radius 2 is 1.73 bits per heavy atom. The third-order valence-electron chi connectivity index (χ3n) is 3.00. The molecule has 1 aliphatic heterocycles. The smallest absolute Gasteiger partial charge is 0.263 e. The highest BCUT2D eigenvalue weighted by atomic mass is 35.5. The van der Waals surface area contributed by atoms with Gasteiger partial charge in [-0.15, -0.1) is 0 Å². The second kappa shape index (κ2) is 5.87. The van der Waals surface area contributed by atoms with Crippen LogP contribution < -0.4 is 14.2 Å². The van der Waals surface area contributed by atoms with E-state index in [1.165, 1.54) is 18.2 Å². The van der Waals surface area contributed by atoms with E-state index >= 15 is 0 Å². The quantitative estimate of drug-likeness (QED) is 0.909. The molecule has 5 nitrogen and oxygen atoms in total. The minimum absolute atomic E-state index is 0.0192. The molecule has 0 unspecified atom stereocenters. The highest BCUT2D eigenvalue weighted by Gasteiger charge is 2.21. The van der Waals surface area contributed by atoms with Crippen LogP contribution in [0.2, 0.25) is 10.0 Å². The Hall–Kier alpha value is -1.63. The van der Waals surface area contributed by atoms with Gasteiger partial charge >= 0.3 is 0 Å². The zero-order valence-electron chi connectivity index (χ0n) is 11.2. The normalized spacial score (nSPS) is 13.7. The lowest BCUT2D eigenvalue weighted by molar-refractivity contribution is 0.171. The summed E-state index contributed by atoms with van der Waals surface area (Å²) in [6, 6.07) is 9.22. The zero-order chi connectivity index (χ0) is 15.7. The fourth-order valence-electron chi connectivity index (χ4n) is 2.01. The lowest BCUT2D eigenvalue weighted by atomic mass is 10.3. The van der Waals surface area contributed by atoms with Gasteiger partial charge < -0.3 is 9.47 Å². The Morgan fingerprint density at radius 1 is 1.00 bits per heavy atom. The summed E-state index contributed by atoms with van der Waals surface area (Å²) in [4.78, 5) is -0.0865. The van der Waals surface area contributed by atoms with E-state index in [1.807, 2.05) is 0 Å². The van der Waals surface area contributed by atoms with Crippen molar-refractivity contribution in [3.8, 4) is 11.5 Å². The number of fused-ring (bicyclic) bond motifs is 1. The average molecular weight is 360 g/mol. The van der Waals surface area contributed by atoms with Gasteiger partial charge in [-0.3, -0.25) is 4.72 Å². The number of ether oxygens (including phenoxy) is 2. The average Bonchev–Trinajstić information content (AvgIpc) is 2.49. The second-order valence-corrected chi connectivity index (χ2v) is 6.95. The molecule has 22 heavy (non-hydrogen) atoms. The molecular weight excluding hydrogens is 349 g/mol. The molecule has 0 saturated heterocycles. The standard InChI is InChI=1S/C14H11Cl2NO4S/c15-10-2-1-3-13(14(10)16)22(18,19)17-9-4-5-11-12(8-9)21-7-6-20-11/h1-5,8,17H,6-7H2. The monoisotopic (exact) mass is 359 g/mol. The minimum Gasteiger partial charge on any atom is -0.486 e. The van der Waals surface area contributed by atoms with Gasteiger partial charge in [0.25, 0.3) is 10.0 Å². The fourth-order valence-corrected chi connectivity index (χ4v) is 3.82. The van der Waals surface area contributed by atoms with Crippen LogP contribution in [0.5, 0.6) is 11.5 Å². The van der Waals surface area contributed by atoms with Crippen LogP contribution in [-0.2, 0) is 10.0 Å². The molecule has 2 aromatic carbocycles. The summed E-state index contributed by atoms with van der Waals surface area (Å²) in [6.45, 7) is 0.888. The van der Waals surface area contributed by atoms with Crippen molar-refractivity contribution in [1.29, 1.82) is 0 Å². The van der Waals surface area contributed by atoms with Crippen LogP contribution in [0.3, 0.4) is 0 Å². The van der Waals surface area contributed by atoms with Crippen LogP contribution >= 0.6 is 23.2 Å². The molecule has 0 amide bonds. The molecule has 0 spiro atoms. The van der Waals surface area contributed by atoms with E-state index in [1.54, 1.807) is 18.2 Å². The number of hydrogen-bond donors (Lipinski definition) is 1.